The summed E-state index contributed by atoms with van der Waals surface area (Å²) in [7, 11) is 0. The largest absolute Gasteiger partial charge is 0.489 e. The van der Waals surface area contributed by atoms with Crippen LogP contribution >= 0.6 is 0 Å². The summed E-state index contributed by atoms with van der Waals surface area (Å²) in [5.74, 6) is 0.517. The second-order valence-electron chi connectivity index (χ2n) is 6.76. The van der Waals surface area contributed by atoms with Gasteiger partial charge in [-0.3, -0.25) is 4.79 Å². The topological polar surface area (TPSA) is 84.7 Å². The van der Waals surface area contributed by atoms with Crippen LogP contribution in [0.15, 0.2) is 54.6 Å². The Labute approximate surface area is 159 Å². The van der Waals surface area contributed by atoms with Gasteiger partial charge in [-0.2, -0.15) is 0 Å². The Bertz CT molecular complexity index is 779. The molecule has 0 saturated carbocycles. The van der Waals surface area contributed by atoms with Crippen LogP contribution in [0.5, 0.6) is 5.75 Å². The molecule has 1 unspecified atom stereocenters. The van der Waals surface area contributed by atoms with E-state index in [-0.39, 0.29) is 11.8 Å². The molecule has 6 heteroatoms. The zero-order valence-corrected chi connectivity index (χ0v) is 15.3. The summed E-state index contributed by atoms with van der Waals surface area (Å²) < 4.78 is 5.83. The van der Waals surface area contributed by atoms with E-state index >= 15 is 0 Å². The molecule has 6 nitrogen and oxygen atoms in total. The Hall–Kier alpha value is -3.02. The molecule has 1 atom stereocenters. The molecule has 1 fully saturated rings. The molecule has 142 valence electrons. The minimum atomic E-state index is -0.462. The Morgan fingerprint density at radius 3 is 2.67 bits per heavy atom. The van der Waals surface area contributed by atoms with Crippen LogP contribution in [0.2, 0.25) is 0 Å². The van der Waals surface area contributed by atoms with E-state index in [2.05, 4.69) is 5.32 Å². The molecule has 2 aromatic rings. The van der Waals surface area contributed by atoms with Gasteiger partial charge in [0.25, 0.3) is 0 Å². The molecule has 3 amide bonds. The van der Waals surface area contributed by atoms with Crippen molar-refractivity contribution in [3.8, 4) is 5.75 Å². The Kier molecular flexibility index (Phi) is 6.30. The van der Waals surface area contributed by atoms with Crippen LogP contribution in [0.25, 0.3) is 0 Å². The van der Waals surface area contributed by atoms with E-state index < -0.39 is 6.03 Å². The number of carbonyl (C=O) groups excluding carboxylic acids is 2. The fraction of sp³-hybridized carbons (Fsp3) is 0.333. The van der Waals surface area contributed by atoms with Crippen molar-refractivity contribution in [3.05, 3.63) is 65.7 Å². The summed E-state index contributed by atoms with van der Waals surface area (Å²) in [6.45, 7) is 1.94. The van der Waals surface area contributed by atoms with Crippen LogP contribution in [0.4, 0.5) is 4.79 Å². The van der Waals surface area contributed by atoms with Crippen molar-refractivity contribution in [2.45, 2.75) is 26.0 Å². The third kappa shape index (κ3) is 5.48. The molecule has 0 radical (unpaired) electrons. The molecule has 1 heterocycles. The summed E-state index contributed by atoms with van der Waals surface area (Å²) in [5.41, 5.74) is 7.40. The van der Waals surface area contributed by atoms with Crippen LogP contribution in [-0.2, 0) is 17.9 Å². The van der Waals surface area contributed by atoms with Crippen molar-refractivity contribution >= 4 is 11.9 Å². The molecule has 3 rings (SSSR count). The molecular formula is C21H25N3O3. The Morgan fingerprint density at radius 2 is 1.89 bits per heavy atom. The monoisotopic (exact) mass is 367 g/mol. The maximum Gasteiger partial charge on any atom is 0.314 e. The number of benzene rings is 2. The molecule has 0 aromatic heterocycles. The SMILES string of the molecule is NC(=O)N1CCCC(C(=O)NCc2cccc(OCc3ccccc3)c2)C1. The van der Waals surface area contributed by atoms with Crippen LogP contribution in [-0.4, -0.2) is 29.9 Å². The van der Waals surface area contributed by atoms with E-state index in [1.165, 1.54) is 4.90 Å². The van der Waals surface area contributed by atoms with Gasteiger partial charge in [0.15, 0.2) is 0 Å². The molecule has 27 heavy (non-hydrogen) atoms. The minimum Gasteiger partial charge on any atom is -0.489 e. The first-order chi connectivity index (χ1) is 13.1. The summed E-state index contributed by atoms with van der Waals surface area (Å²) >= 11 is 0. The number of amides is 3. The Morgan fingerprint density at radius 1 is 1.11 bits per heavy atom. The molecule has 2 aromatic carbocycles. The fourth-order valence-electron chi connectivity index (χ4n) is 3.21. The third-order valence-electron chi connectivity index (χ3n) is 4.72. The number of piperidine rings is 1. The molecule has 0 spiro atoms. The van der Waals surface area contributed by atoms with E-state index in [1.807, 2.05) is 54.6 Å². The number of rotatable bonds is 6. The molecule has 1 aliphatic rings. The van der Waals surface area contributed by atoms with Gasteiger partial charge in [-0.1, -0.05) is 42.5 Å². The lowest BCUT2D eigenvalue weighted by atomic mass is 9.97. The van der Waals surface area contributed by atoms with E-state index in [0.29, 0.717) is 26.2 Å². The van der Waals surface area contributed by atoms with Crippen molar-refractivity contribution in [1.29, 1.82) is 0 Å². The van der Waals surface area contributed by atoms with Crippen LogP contribution in [0.1, 0.15) is 24.0 Å². The first kappa shape index (κ1) is 18.8. The predicted molar refractivity (Wildman–Crippen MR) is 103 cm³/mol. The lowest BCUT2D eigenvalue weighted by molar-refractivity contribution is -0.126. The number of hydrogen-bond donors (Lipinski definition) is 2. The lowest BCUT2D eigenvalue weighted by Crippen LogP contribution is -2.47. The number of urea groups is 1. The number of likely N-dealkylation sites (tertiary alicyclic amines) is 1. The van der Waals surface area contributed by atoms with Gasteiger partial charge >= 0.3 is 6.03 Å². The normalized spacial score (nSPS) is 16.6. The van der Waals surface area contributed by atoms with Crippen molar-refractivity contribution < 1.29 is 14.3 Å². The third-order valence-corrected chi connectivity index (χ3v) is 4.72. The van der Waals surface area contributed by atoms with Crippen LogP contribution in [0.3, 0.4) is 0 Å². The highest BCUT2D eigenvalue weighted by Crippen LogP contribution is 2.18. The van der Waals surface area contributed by atoms with Gasteiger partial charge < -0.3 is 20.7 Å². The zero-order chi connectivity index (χ0) is 19.1. The molecule has 1 saturated heterocycles. The maximum atomic E-state index is 12.4. The summed E-state index contributed by atoms with van der Waals surface area (Å²) in [4.78, 5) is 25.3. The van der Waals surface area contributed by atoms with Crippen molar-refractivity contribution in [2.75, 3.05) is 13.1 Å². The van der Waals surface area contributed by atoms with Crippen molar-refractivity contribution in [3.63, 3.8) is 0 Å². The summed E-state index contributed by atoms with van der Waals surface area (Å²) in [5, 5.41) is 2.96. The van der Waals surface area contributed by atoms with E-state index in [0.717, 1.165) is 29.7 Å². The van der Waals surface area contributed by atoms with Crippen molar-refractivity contribution in [1.82, 2.24) is 10.2 Å². The average Bonchev–Trinajstić information content (AvgIpc) is 2.71. The van der Waals surface area contributed by atoms with Gasteiger partial charge in [-0.25, -0.2) is 4.79 Å². The van der Waals surface area contributed by atoms with Gasteiger partial charge in [0.1, 0.15) is 12.4 Å². The minimum absolute atomic E-state index is 0.0449. The van der Waals surface area contributed by atoms with Gasteiger partial charge in [0.05, 0.1) is 5.92 Å². The standard InChI is InChI=1S/C21H25N3O3/c22-21(26)24-11-5-9-18(14-24)20(25)23-13-17-8-4-10-19(12-17)27-15-16-6-2-1-3-7-16/h1-4,6-8,10,12,18H,5,9,11,13-15H2,(H2,22,26)(H,23,25). The quantitative estimate of drug-likeness (QED) is 0.823. The van der Waals surface area contributed by atoms with Crippen molar-refractivity contribution in [2.24, 2.45) is 11.7 Å². The highest BCUT2D eigenvalue weighted by molar-refractivity contribution is 5.80. The second-order valence-corrected chi connectivity index (χ2v) is 6.76. The van der Waals surface area contributed by atoms with E-state index in [4.69, 9.17) is 10.5 Å². The zero-order valence-electron chi connectivity index (χ0n) is 15.3. The van der Waals surface area contributed by atoms with E-state index in [1.54, 1.807) is 0 Å². The summed E-state index contributed by atoms with van der Waals surface area (Å²) in [6.07, 6.45) is 1.57. The summed E-state index contributed by atoms with van der Waals surface area (Å²) in [6, 6.07) is 17.2. The number of nitrogens with two attached hydrogens (primary N) is 1. The number of nitrogens with one attached hydrogen (secondary N) is 1. The van der Waals surface area contributed by atoms with Gasteiger partial charge in [0.2, 0.25) is 5.91 Å². The average molecular weight is 367 g/mol. The highest BCUT2D eigenvalue weighted by Gasteiger charge is 2.27. The molecule has 1 aliphatic heterocycles. The molecular weight excluding hydrogens is 342 g/mol. The number of carbonyl (C=O) groups is 2. The van der Waals surface area contributed by atoms with E-state index in [9.17, 15) is 9.59 Å². The second kappa shape index (κ2) is 9.07. The highest BCUT2D eigenvalue weighted by atomic mass is 16.5. The van der Waals surface area contributed by atoms with Gasteiger partial charge in [-0.15, -0.1) is 0 Å². The molecule has 0 aliphatic carbocycles. The smallest absolute Gasteiger partial charge is 0.314 e. The number of primary amides is 1. The maximum absolute atomic E-state index is 12.4. The van der Waals surface area contributed by atoms with Gasteiger partial charge in [-0.05, 0) is 36.1 Å². The fourth-order valence-corrected chi connectivity index (χ4v) is 3.21. The first-order valence-electron chi connectivity index (χ1n) is 9.19. The number of hydrogen-bond acceptors (Lipinski definition) is 3. The van der Waals surface area contributed by atoms with Gasteiger partial charge in [0, 0.05) is 19.6 Å². The first-order valence-corrected chi connectivity index (χ1v) is 9.19. The number of nitrogens with zero attached hydrogens (tertiary/aromatic N) is 1. The molecule has 3 N–H and O–H groups in total. The van der Waals surface area contributed by atoms with Crippen LogP contribution in [0, 0.1) is 5.92 Å². The van der Waals surface area contributed by atoms with Crippen LogP contribution < -0.4 is 15.8 Å². The predicted octanol–water partition coefficient (Wildman–Crippen LogP) is 2.67. The molecule has 0 bridgehead atoms. The lowest BCUT2D eigenvalue weighted by Gasteiger charge is -2.30. The number of ether oxygens (including phenoxy) is 1. The Balaban J connectivity index is 1.50.